The first kappa shape index (κ1) is 15.2. The van der Waals surface area contributed by atoms with Crippen LogP contribution in [0.3, 0.4) is 0 Å². The van der Waals surface area contributed by atoms with Gasteiger partial charge in [0.05, 0.1) is 0 Å². The second-order valence-electron chi connectivity index (χ2n) is 5.37. The zero-order valence-electron chi connectivity index (χ0n) is 11.9. The summed E-state index contributed by atoms with van der Waals surface area (Å²) in [4.78, 5) is 23.2. The summed E-state index contributed by atoms with van der Waals surface area (Å²) in [6.07, 6.45) is 0.422. The Hall–Kier alpha value is -1.84. The minimum Gasteiger partial charge on any atom is -0.480 e. The van der Waals surface area contributed by atoms with Crippen molar-refractivity contribution in [2.24, 2.45) is 5.92 Å². The van der Waals surface area contributed by atoms with Crippen LogP contribution in [0.2, 0.25) is 0 Å². The van der Waals surface area contributed by atoms with Crippen LogP contribution < -0.4 is 5.32 Å². The Morgan fingerprint density at radius 3 is 2.11 bits per heavy atom. The molecule has 4 nitrogen and oxygen atoms in total. The van der Waals surface area contributed by atoms with Crippen LogP contribution in [0.4, 0.5) is 0 Å². The largest absolute Gasteiger partial charge is 0.480 e. The maximum absolute atomic E-state index is 12.1. The molecule has 1 amide bonds. The van der Waals surface area contributed by atoms with E-state index in [1.165, 1.54) is 0 Å². The molecule has 19 heavy (non-hydrogen) atoms. The van der Waals surface area contributed by atoms with Gasteiger partial charge >= 0.3 is 5.97 Å². The first-order chi connectivity index (χ1) is 8.79. The third-order valence-electron chi connectivity index (χ3n) is 2.79. The molecule has 0 aromatic heterocycles. The minimum atomic E-state index is -0.994. The lowest BCUT2D eigenvalue weighted by Gasteiger charge is -2.16. The molecule has 0 spiro atoms. The first-order valence-electron chi connectivity index (χ1n) is 6.41. The Labute approximate surface area is 113 Å². The van der Waals surface area contributed by atoms with Gasteiger partial charge in [0.1, 0.15) is 6.04 Å². The number of benzene rings is 1. The summed E-state index contributed by atoms with van der Waals surface area (Å²) < 4.78 is 0. The van der Waals surface area contributed by atoms with Gasteiger partial charge in [-0.2, -0.15) is 0 Å². The average Bonchev–Trinajstić information content (AvgIpc) is 2.25. The Bertz CT molecular complexity index is 460. The summed E-state index contributed by atoms with van der Waals surface area (Å²) in [6, 6.07) is 4.65. The molecule has 104 valence electrons. The molecular weight excluding hydrogens is 242 g/mol. The van der Waals surface area contributed by atoms with Crippen LogP contribution >= 0.6 is 0 Å². The lowest BCUT2D eigenvalue weighted by atomic mass is 10.0. The van der Waals surface area contributed by atoms with E-state index >= 15 is 0 Å². The quantitative estimate of drug-likeness (QED) is 0.858. The van der Waals surface area contributed by atoms with Crippen LogP contribution in [0.1, 0.15) is 41.8 Å². The molecule has 1 rings (SSSR count). The molecule has 1 aromatic carbocycles. The molecule has 1 atom stereocenters. The van der Waals surface area contributed by atoms with Crippen LogP contribution in [0.15, 0.2) is 18.2 Å². The van der Waals surface area contributed by atoms with Gasteiger partial charge in [-0.25, -0.2) is 4.79 Å². The normalized spacial score (nSPS) is 12.3. The summed E-state index contributed by atoms with van der Waals surface area (Å²) >= 11 is 0. The highest BCUT2D eigenvalue weighted by Crippen LogP contribution is 2.10. The molecule has 0 saturated carbocycles. The summed E-state index contributed by atoms with van der Waals surface area (Å²) in [5, 5.41) is 11.7. The van der Waals surface area contributed by atoms with Gasteiger partial charge < -0.3 is 10.4 Å². The number of carbonyl (C=O) groups is 2. The molecule has 4 heteroatoms. The fraction of sp³-hybridized carbons (Fsp3) is 0.467. The van der Waals surface area contributed by atoms with Gasteiger partial charge in [0.15, 0.2) is 0 Å². The van der Waals surface area contributed by atoms with Crippen molar-refractivity contribution < 1.29 is 14.7 Å². The summed E-state index contributed by atoms with van der Waals surface area (Å²) in [5.74, 6) is -1.12. The van der Waals surface area contributed by atoms with Crippen molar-refractivity contribution in [1.29, 1.82) is 0 Å². The van der Waals surface area contributed by atoms with Crippen LogP contribution in [0.5, 0.6) is 0 Å². The molecule has 0 aliphatic heterocycles. The SMILES string of the molecule is Cc1cc(C)cc(C(=O)N[C@@H](CC(C)C)C(=O)O)c1. The van der Waals surface area contributed by atoms with E-state index in [9.17, 15) is 9.59 Å². The van der Waals surface area contributed by atoms with E-state index in [0.717, 1.165) is 11.1 Å². The molecule has 0 heterocycles. The first-order valence-corrected chi connectivity index (χ1v) is 6.41. The average molecular weight is 263 g/mol. The number of carboxylic acids is 1. The van der Waals surface area contributed by atoms with Gasteiger partial charge in [-0.05, 0) is 38.3 Å². The van der Waals surface area contributed by atoms with E-state index < -0.39 is 12.0 Å². The van der Waals surface area contributed by atoms with Crippen LogP contribution in [0.25, 0.3) is 0 Å². The molecule has 0 unspecified atom stereocenters. The molecule has 0 bridgehead atoms. The topological polar surface area (TPSA) is 66.4 Å². The lowest BCUT2D eigenvalue weighted by molar-refractivity contribution is -0.139. The minimum absolute atomic E-state index is 0.209. The number of carbonyl (C=O) groups excluding carboxylic acids is 1. The Morgan fingerprint density at radius 1 is 1.16 bits per heavy atom. The van der Waals surface area contributed by atoms with E-state index in [1.807, 2.05) is 33.8 Å². The molecule has 1 aromatic rings. The number of nitrogens with one attached hydrogen (secondary N) is 1. The van der Waals surface area contributed by atoms with E-state index in [1.54, 1.807) is 12.1 Å². The van der Waals surface area contributed by atoms with Crippen LogP contribution in [-0.2, 0) is 4.79 Å². The number of rotatable bonds is 5. The van der Waals surface area contributed by atoms with Crippen molar-refractivity contribution >= 4 is 11.9 Å². The number of hydrogen-bond donors (Lipinski definition) is 2. The second kappa shape index (κ2) is 6.36. The summed E-state index contributed by atoms with van der Waals surface area (Å²) in [5.41, 5.74) is 2.48. The van der Waals surface area contributed by atoms with Crippen LogP contribution in [0, 0.1) is 19.8 Å². The van der Waals surface area contributed by atoms with Crippen molar-refractivity contribution in [3.8, 4) is 0 Å². The zero-order valence-corrected chi connectivity index (χ0v) is 11.9. The fourth-order valence-electron chi connectivity index (χ4n) is 2.04. The lowest BCUT2D eigenvalue weighted by Crippen LogP contribution is -2.41. The smallest absolute Gasteiger partial charge is 0.326 e. The number of aryl methyl sites for hydroxylation is 2. The van der Waals surface area contributed by atoms with Gasteiger partial charge in [-0.3, -0.25) is 4.79 Å². The molecule has 0 aliphatic carbocycles. The van der Waals surface area contributed by atoms with Crippen molar-refractivity contribution in [2.75, 3.05) is 0 Å². The standard InChI is InChI=1S/C15H21NO3/c1-9(2)5-13(15(18)19)16-14(17)12-7-10(3)6-11(4)8-12/h6-9,13H,5H2,1-4H3,(H,16,17)(H,18,19)/t13-/m0/s1. The highest BCUT2D eigenvalue weighted by molar-refractivity contribution is 5.96. The van der Waals surface area contributed by atoms with Crippen molar-refractivity contribution in [3.63, 3.8) is 0 Å². The number of aliphatic carboxylic acids is 1. The van der Waals surface area contributed by atoms with Gasteiger partial charge in [-0.15, -0.1) is 0 Å². The van der Waals surface area contributed by atoms with Crippen molar-refractivity contribution in [1.82, 2.24) is 5.32 Å². The van der Waals surface area contributed by atoms with E-state index in [0.29, 0.717) is 12.0 Å². The van der Waals surface area contributed by atoms with Crippen molar-refractivity contribution in [3.05, 3.63) is 34.9 Å². The number of amides is 1. The molecule has 0 radical (unpaired) electrons. The monoisotopic (exact) mass is 263 g/mol. The van der Waals surface area contributed by atoms with Crippen molar-refractivity contribution in [2.45, 2.75) is 40.2 Å². The van der Waals surface area contributed by atoms with Gasteiger partial charge in [0.2, 0.25) is 0 Å². The summed E-state index contributed by atoms with van der Waals surface area (Å²) in [6.45, 7) is 7.68. The Balaban J connectivity index is 2.84. The Kier molecular flexibility index (Phi) is 5.10. The highest BCUT2D eigenvalue weighted by atomic mass is 16.4. The summed E-state index contributed by atoms with van der Waals surface area (Å²) in [7, 11) is 0. The molecule has 0 saturated heterocycles. The molecule has 0 aliphatic rings. The third kappa shape index (κ3) is 4.73. The fourth-order valence-corrected chi connectivity index (χ4v) is 2.04. The van der Waals surface area contributed by atoms with Crippen LogP contribution in [-0.4, -0.2) is 23.0 Å². The van der Waals surface area contributed by atoms with Gasteiger partial charge in [0, 0.05) is 5.56 Å². The van der Waals surface area contributed by atoms with Gasteiger partial charge in [0.25, 0.3) is 5.91 Å². The van der Waals surface area contributed by atoms with E-state index in [4.69, 9.17) is 5.11 Å². The molecule has 2 N–H and O–H groups in total. The predicted octanol–water partition coefficient (Wildman–Crippen LogP) is 2.53. The van der Waals surface area contributed by atoms with E-state index in [-0.39, 0.29) is 11.8 Å². The highest BCUT2D eigenvalue weighted by Gasteiger charge is 2.21. The number of carboxylic acid groups (broad SMARTS) is 1. The van der Waals surface area contributed by atoms with Gasteiger partial charge in [-0.1, -0.05) is 31.0 Å². The predicted molar refractivity (Wildman–Crippen MR) is 74.3 cm³/mol. The maximum atomic E-state index is 12.1. The Morgan fingerprint density at radius 2 is 1.68 bits per heavy atom. The third-order valence-corrected chi connectivity index (χ3v) is 2.79. The van der Waals surface area contributed by atoms with E-state index in [2.05, 4.69) is 5.32 Å². The zero-order chi connectivity index (χ0) is 14.6. The molecule has 0 fully saturated rings. The second-order valence-corrected chi connectivity index (χ2v) is 5.37. The molecular formula is C15H21NO3. The number of hydrogen-bond acceptors (Lipinski definition) is 2. The maximum Gasteiger partial charge on any atom is 0.326 e.